The molecule has 0 bridgehead atoms. The van der Waals surface area contributed by atoms with Crippen molar-refractivity contribution in [3.05, 3.63) is 35.9 Å². The normalized spacial score (nSPS) is 12.9. The molecule has 0 fully saturated rings. The number of aliphatic hydroxyl groups excluding tert-OH is 1. The van der Waals surface area contributed by atoms with Gasteiger partial charge in [0, 0.05) is 19.4 Å². The Kier molecular flexibility index (Phi) is 7.52. The minimum absolute atomic E-state index is 0.0382. The summed E-state index contributed by atoms with van der Waals surface area (Å²) in [5, 5.41) is 19.2. The zero-order valence-electron chi connectivity index (χ0n) is 12.3. The second kappa shape index (κ2) is 9.17. The van der Waals surface area contributed by atoms with Crippen LogP contribution in [0.5, 0.6) is 0 Å². The molecule has 0 spiro atoms. The number of esters is 1. The molecule has 0 amide bonds. The molecule has 1 rings (SSSR count). The highest BCUT2D eigenvalue weighted by atomic mass is 16.5. The van der Waals surface area contributed by atoms with Gasteiger partial charge in [0.1, 0.15) is 0 Å². The molecule has 21 heavy (non-hydrogen) atoms. The first-order valence-electron chi connectivity index (χ1n) is 7.17. The first-order valence-corrected chi connectivity index (χ1v) is 7.17. The molecule has 4 heteroatoms. The lowest BCUT2D eigenvalue weighted by atomic mass is 9.95. The summed E-state index contributed by atoms with van der Waals surface area (Å²) in [6.07, 6.45) is 1.67. The number of carbonyl (C=O) groups is 1. The molecule has 2 N–H and O–H groups in total. The highest BCUT2D eigenvalue weighted by Gasteiger charge is 2.35. The Hall–Kier alpha value is -1.83. The molecule has 0 saturated heterocycles. The Labute approximate surface area is 125 Å². The van der Waals surface area contributed by atoms with E-state index in [0.29, 0.717) is 19.3 Å². The van der Waals surface area contributed by atoms with Crippen LogP contribution >= 0.6 is 0 Å². The van der Waals surface area contributed by atoms with Crippen LogP contribution < -0.4 is 0 Å². The summed E-state index contributed by atoms with van der Waals surface area (Å²) in [6, 6.07) is 9.60. The lowest BCUT2D eigenvalue weighted by Crippen LogP contribution is -2.39. The van der Waals surface area contributed by atoms with Gasteiger partial charge in [0.2, 0.25) is 5.60 Å². The summed E-state index contributed by atoms with van der Waals surface area (Å²) in [7, 11) is 0. The van der Waals surface area contributed by atoms with Crippen molar-refractivity contribution in [2.24, 2.45) is 0 Å². The van der Waals surface area contributed by atoms with Crippen LogP contribution in [0.4, 0.5) is 0 Å². The Morgan fingerprint density at radius 1 is 1.33 bits per heavy atom. The molecule has 1 aromatic rings. The van der Waals surface area contributed by atoms with Crippen LogP contribution in [-0.2, 0) is 16.0 Å². The number of rotatable bonds is 7. The van der Waals surface area contributed by atoms with Crippen molar-refractivity contribution in [1.29, 1.82) is 0 Å². The van der Waals surface area contributed by atoms with E-state index in [1.165, 1.54) is 0 Å². The van der Waals surface area contributed by atoms with Gasteiger partial charge in [-0.15, -0.1) is 0 Å². The third-order valence-electron chi connectivity index (χ3n) is 2.99. The number of ether oxygens (including phenoxy) is 1. The monoisotopic (exact) mass is 290 g/mol. The van der Waals surface area contributed by atoms with Gasteiger partial charge in [0.25, 0.3) is 0 Å². The fourth-order valence-corrected chi connectivity index (χ4v) is 1.81. The lowest BCUT2D eigenvalue weighted by Gasteiger charge is -2.20. The first kappa shape index (κ1) is 17.2. The molecule has 0 aliphatic rings. The molecular formula is C17H22O4. The van der Waals surface area contributed by atoms with E-state index in [1.54, 1.807) is 6.92 Å². The summed E-state index contributed by atoms with van der Waals surface area (Å²) < 4.78 is 4.91. The molecule has 0 radical (unpaired) electrons. The number of benzene rings is 1. The van der Waals surface area contributed by atoms with Gasteiger partial charge in [-0.1, -0.05) is 42.2 Å². The van der Waals surface area contributed by atoms with Gasteiger partial charge in [-0.2, -0.15) is 0 Å². The van der Waals surface area contributed by atoms with Crippen molar-refractivity contribution in [1.82, 2.24) is 0 Å². The minimum Gasteiger partial charge on any atom is -0.463 e. The topological polar surface area (TPSA) is 66.8 Å². The third-order valence-corrected chi connectivity index (χ3v) is 2.99. The summed E-state index contributed by atoms with van der Waals surface area (Å²) in [5.74, 6) is 4.64. The molecule has 114 valence electrons. The highest BCUT2D eigenvalue weighted by Crippen LogP contribution is 2.16. The summed E-state index contributed by atoms with van der Waals surface area (Å²) in [4.78, 5) is 11.9. The maximum atomic E-state index is 11.9. The summed E-state index contributed by atoms with van der Waals surface area (Å²) in [6.45, 7) is 1.93. The first-order chi connectivity index (χ1) is 10.1. The smallest absolute Gasteiger partial charge is 0.350 e. The molecule has 1 atom stereocenters. The van der Waals surface area contributed by atoms with Gasteiger partial charge in [-0.25, -0.2) is 4.79 Å². The molecule has 1 unspecified atom stereocenters. The maximum Gasteiger partial charge on any atom is 0.350 e. The van der Waals surface area contributed by atoms with Crippen LogP contribution in [-0.4, -0.2) is 35.0 Å². The van der Waals surface area contributed by atoms with E-state index in [2.05, 4.69) is 11.8 Å². The van der Waals surface area contributed by atoms with Crippen molar-refractivity contribution in [3.8, 4) is 11.8 Å². The molecule has 0 aliphatic heterocycles. The average molecular weight is 290 g/mol. The number of carbonyl (C=O) groups excluding carboxylic acids is 1. The summed E-state index contributed by atoms with van der Waals surface area (Å²) in [5.41, 5.74) is -0.765. The zero-order chi connectivity index (χ0) is 15.6. The van der Waals surface area contributed by atoms with Crippen LogP contribution in [0.25, 0.3) is 0 Å². The molecule has 4 nitrogen and oxygen atoms in total. The van der Waals surface area contributed by atoms with Gasteiger partial charge in [0.05, 0.1) is 6.61 Å². The van der Waals surface area contributed by atoms with Crippen molar-refractivity contribution in [2.75, 3.05) is 13.2 Å². The van der Waals surface area contributed by atoms with E-state index in [-0.39, 0.29) is 19.6 Å². The third kappa shape index (κ3) is 5.99. The molecule has 1 aromatic carbocycles. The fraction of sp³-hybridized carbons (Fsp3) is 0.471. The van der Waals surface area contributed by atoms with Crippen molar-refractivity contribution in [2.45, 2.75) is 38.2 Å². The van der Waals surface area contributed by atoms with Crippen LogP contribution in [0.1, 0.15) is 31.7 Å². The highest BCUT2D eigenvalue weighted by molar-refractivity contribution is 5.83. The fourth-order valence-electron chi connectivity index (χ4n) is 1.81. The number of aliphatic hydroxyl groups is 2. The van der Waals surface area contributed by atoms with Crippen molar-refractivity contribution < 1.29 is 19.7 Å². The predicted octanol–water partition coefficient (Wildman–Crippen LogP) is 1.69. The van der Waals surface area contributed by atoms with E-state index in [0.717, 1.165) is 5.56 Å². The van der Waals surface area contributed by atoms with E-state index in [4.69, 9.17) is 9.84 Å². The van der Waals surface area contributed by atoms with Crippen LogP contribution in [0.3, 0.4) is 0 Å². The standard InChI is InChI=1S/C17H22O4/c1-2-21-16(19)17(20,12-7-4-8-14-18)13-11-15-9-5-3-6-10-15/h3,5-6,9-10,18,20H,2,4,8,11,13-14H2,1H3. The zero-order valence-corrected chi connectivity index (χ0v) is 12.3. The van der Waals surface area contributed by atoms with E-state index >= 15 is 0 Å². The number of hydrogen-bond donors (Lipinski definition) is 2. The SMILES string of the molecule is CCOC(=O)C(O)(C#CCCCO)CCc1ccccc1. The van der Waals surface area contributed by atoms with E-state index < -0.39 is 11.6 Å². The van der Waals surface area contributed by atoms with E-state index in [1.807, 2.05) is 30.3 Å². The number of unbranched alkanes of at least 4 members (excludes halogenated alkanes) is 1. The van der Waals surface area contributed by atoms with Crippen molar-refractivity contribution >= 4 is 5.97 Å². The predicted molar refractivity (Wildman–Crippen MR) is 80.4 cm³/mol. The van der Waals surface area contributed by atoms with Gasteiger partial charge in [0.15, 0.2) is 0 Å². The molecule has 0 aromatic heterocycles. The Morgan fingerprint density at radius 2 is 2.05 bits per heavy atom. The summed E-state index contributed by atoms with van der Waals surface area (Å²) >= 11 is 0. The largest absolute Gasteiger partial charge is 0.463 e. The van der Waals surface area contributed by atoms with Gasteiger partial charge < -0.3 is 14.9 Å². The molecular weight excluding hydrogens is 268 g/mol. The number of aryl methyl sites for hydroxylation is 1. The number of hydrogen-bond acceptors (Lipinski definition) is 4. The van der Waals surface area contributed by atoms with Crippen molar-refractivity contribution in [3.63, 3.8) is 0 Å². The van der Waals surface area contributed by atoms with Gasteiger partial charge in [-0.3, -0.25) is 0 Å². The minimum atomic E-state index is -1.79. The Balaban J connectivity index is 2.75. The van der Waals surface area contributed by atoms with Gasteiger partial charge >= 0.3 is 5.97 Å². The maximum absolute atomic E-state index is 11.9. The van der Waals surface area contributed by atoms with Gasteiger partial charge in [-0.05, 0) is 25.3 Å². The Morgan fingerprint density at radius 3 is 2.67 bits per heavy atom. The second-order valence-corrected chi connectivity index (χ2v) is 4.70. The van der Waals surface area contributed by atoms with E-state index in [9.17, 15) is 9.90 Å². The van der Waals surface area contributed by atoms with Crippen LogP contribution in [0.15, 0.2) is 30.3 Å². The second-order valence-electron chi connectivity index (χ2n) is 4.70. The van der Waals surface area contributed by atoms with Crippen LogP contribution in [0.2, 0.25) is 0 Å². The van der Waals surface area contributed by atoms with Crippen LogP contribution in [0, 0.1) is 11.8 Å². The Bertz CT molecular complexity index is 487. The average Bonchev–Trinajstić information content (AvgIpc) is 2.51. The molecule has 0 aliphatic carbocycles. The lowest BCUT2D eigenvalue weighted by molar-refractivity contribution is -0.159. The molecule has 0 saturated carbocycles. The molecule has 0 heterocycles. The quantitative estimate of drug-likeness (QED) is 0.455.